The summed E-state index contributed by atoms with van der Waals surface area (Å²) in [5, 5.41) is 3.02. The molecule has 1 saturated heterocycles. The van der Waals surface area contributed by atoms with Crippen LogP contribution in [0, 0.1) is 0 Å². The number of unbranched alkanes of at least 4 members (excludes halogenated alkanes) is 2. The van der Waals surface area contributed by atoms with Crippen LogP contribution in [0.4, 0.5) is 4.79 Å². The van der Waals surface area contributed by atoms with Crippen molar-refractivity contribution in [3.05, 3.63) is 71.3 Å². The molecule has 4 rings (SSSR count). The van der Waals surface area contributed by atoms with E-state index in [4.69, 9.17) is 0 Å². The van der Waals surface area contributed by atoms with Gasteiger partial charge in [-0.05, 0) is 36.5 Å². The number of hydrogen-bond donors (Lipinski definition) is 1. The molecular formula is C25H29N3O3. The van der Waals surface area contributed by atoms with Gasteiger partial charge in [-0.1, -0.05) is 61.0 Å². The summed E-state index contributed by atoms with van der Waals surface area (Å²) in [6.45, 7) is 2.90. The van der Waals surface area contributed by atoms with Crippen LogP contribution in [0.2, 0.25) is 0 Å². The van der Waals surface area contributed by atoms with E-state index in [1.165, 1.54) is 4.90 Å². The van der Waals surface area contributed by atoms with Crippen molar-refractivity contribution in [2.75, 3.05) is 6.54 Å². The first kappa shape index (κ1) is 21.1. The molecule has 0 spiro atoms. The van der Waals surface area contributed by atoms with Gasteiger partial charge in [0, 0.05) is 25.9 Å². The Bertz CT molecular complexity index is 916. The Morgan fingerprint density at radius 1 is 1.00 bits per heavy atom. The van der Waals surface area contributed by atoms with Gasteiger partial charge in [0.1, 0.15) is 6.04 Å². The summed E-state index contributed by atoms with van der Waals surface area (Å²) >= 11 is 0. The van der Waals surface area contributed by atoms with Gasteiger partial charge in [-0.2, -0.15) is 0 Å². The van der Waals surface area contributed by atoms with Crippen molar-refractivity contribution in [1.29, 1.82) is 0 Å². The van der Waals surface area contributed by atoms with Gasteiger partial charge in [0.05, 0.1) is 6.04 Å². The number of rotatable bonds is 8. The Kier molecular flexibility index (Phi) is 6.35. The third kappa shape index (κ3) is 4.63. The van der Waals surface area contributed by atoms with Crippen molar-refractivity contribution in [3.8, 4) is 0 Å². The Hall–Kier alpha value is -3.15. The normalized spacial score (nSPS) is 18.5. The van der Waals surface area contributed by atoms with Gasteiger partial charge in [0.2, 0.25) is 5.91 Å². The molecule has 0 bridgehead atoms. The van der Waals surface area contributed by atoms with E-state index in [1.54, 1.807) is 4.90 Å². The molecule has 6 heteroatoms. The van der Waals surface area contributed by atoms with Crippen molar-refractivity contribution in [2.24, 2.45) is 0 Å². The molecule has 6 nitrogen and oxygen atoms in total. The molecule has 31 heavy (non-hydrogen) atoms. The van der Waals surface area contributed by atoms with Gasteiger partial charge in [-0.25, -0.2) is 4.79 Å². The van der Waals surface area contributed by atoms with E-state index in [9.17, 15) is 14.4 Å². The summed E-state index contributed by atoms with van der Waals surface area (Å²) in [5.74, 6) is -0.0616. The number of carbonyl (C=O) groups is 3. The van der Waals surface area contributed by atoms with Gasteiger partial charge in [-0.15, -0.1) is 0 Å². The highest BCUT2D eigenvalue weighted by molar-refractivity contribution is 6.04. The zero-order chi connectivity index (χ0) is 21.8. The second-order valence-corrected chi connectivity index (χ2v) is 8.40. The molecular weight excluding hydrogens is 390 g/mol. The predicted octanol–water partition coefficient (Wildman–Crippen LogP) is 3.81. The first-order valence-corrected chi connectivity index (χ1v) is 11.1. The molecule has 2 heterocycles. The third-order valence-corrected chi connectivity index (χ3v) is 6.24. The van der Waals surface area contributed by atoms with Crippen LogP contribution < -0.4 is 5.32 Å². The van der Waals surface area contributed by atoms with Crippen molar-refractivity contribution < 1.29 is 14.4 Å². The van der Waals surface area contributed by atoms with Gasteiger partial charge in [0.25, 0.3) is 5.91 Å². The largest absolute Gasteiger partial charge is 0.350 e. The smallest absolute Gasteiger partial charge is 0.327 e. The Balaban J connectivity index is 1.20. The summed E-state index contributed by atoms with van der Waals surface area (Å²) in [6, 6.07) is 17.3. The van der Waals surface area contributed by atoms with Crippen LogP contribution in [0.5, 0.6) is 0 Å². The van der Waals surface area contributed by atoms with Crippen LogP contribution in [0.1, 0.15) is 55.3 Å². The summed E-state index contributed by atoms with van der Waals surface area (Å²) in [4.78, 5) is 40.8. The molecule has 2 aromatic rings. The van der Waals surface area contributed by atoms with Crippen LogP contribution in [-0.4, -0.2) is 40.2 Å². The summed E-state index contributed by atoms with van der Waals surface area (Å²) in [5.41, 5.74) is 3.36. The summed E-state index contributed by atoms with van der Waals surface area (Å²) in [7, 11) is 0. The number of hydrogen-bond acceptors (Lipinski definition) is 3. The van der Waals surface area contributed by atoms with Gasteiger partial charge in [-0.3, -0.25) is 14.5 Å². The van der Waals surface area contributed by atoms with Gasteiger partial charge >= 0.3 is 6.03 Å². The molecule has 2 atom stereocenters. The van der Waals surface area contributed by atoms with E-state index in [2.05, 4.69) is 5.32 Å². The van der Waals surface area contributed by atoms with Gasteiger partial charge in [0.15, 0.2) is 0 Å². The minimum absolute atomic E-state index is 0.0185. The lowest BCUT2D eigenvalue weighted by molar-refractivity contribution is -0.128. The standard InChI is InChI=1S/C25H29N3O3/c1-18(19-10-4-2-5-11-19)26-23(29)14-6-3-9-15-27-24(30)22-16-20-12-7-8-13-21(20)17-28(22)25(27)31/h2,4-5,7-8,10-13,18,22H,3,6,9,14-17H2,1H3,(H,26,29)/t18-,22-/m0/s1. The van der Waals surface area contributed by atoms with Crippen molar-refractivity contribution in [3.63, 3.8) is 0 Å². The number of urea groups is 1. The first-order chi connectivity index (χ1) is 15.0. The maximum Gasteiger partial charge on any atom is 0.327 e. The van der Waals surface area contributed by atoms with Crippen LogP contribution >= 0.6 is 0 Å². The van der Waals surface area contributed by atoms with Crippen molar-refractivity contribution >= 4 is 17.8 Å². The molecule has 4 amide bonds. The quantitative estimate of drug-likeness (QED) is 0.522. The minimum Gasteiger partial charge on any atom is -0.350 e. The molecule has 0 radical (unpaired) electrons. The summed E-state index contributed by atoms with van der Waals surface area (Å²) < 4.78 is 0. The molecule has 2 aliphatic rings. The first-order valence-electron chi connectivity index (χ1n) is 11.1. The highest BCUT2D eigenvalue weighted by Gasteiger charge is 2.46. The van der Waals surface area contributed by atoms with Crippen LogP contribution in [-0.2, 0) is 22.6 Å². The molecule has 0 aromatic heterocycles. The van der Waals surface area contributed by atoms with E-state index < -0.39 is 0 Å². The average Bonchev–Trinajstić information content (AvgIpc) is 3.02. The van der Waals surface area contributed by atoms with E-state index >= 15 is 0 Å². The van der Waals surface area contributed by atoms with Crippen molar-refractivity contribution in [2.45, 2.75) is 57.7 Å². The van der Waals surface area contributed by atoms with Gasteiger partial charge < -0.3 is 10.2 Å². The van der Waals surface area contributed by atoms with Crippen LogP contribution in [0.15, 0.2) is 54.6 Å². The van der Waals surface area contributed by atoms with E-state index in [0.29, 0.717) is 32.4 Å². The number of fused-ring (bicyclic) bond motifs is 2. The predicted molar refractivity (Wildman–Crippen MR) is 118 cm³/mol. The molecule has 162 valence electrons. The number of benzene rings is 2. The second-order valence-electron chi connectivity index (χ2n) is 8.40. The fourth-order valence-electron chi connectivity index (χ4n) is 4.45. The maximum atomic E-state index is 12.8. The lowest BCUT2D eigenvalue weighted by Crippen LogP contribution is -2.39. The number of amides is 4. The number of nitrogens with zero attached hydrogens (tertiary/aromatic N) is 2. The minimum atomic E-state index is -0.368. The maximum absolute atomic E-state index is 12.8. The number of imide groups is 1. The lowest BCUT2D eigenvalue weighted by Gasteiger charge is -2.28. The zero-order valence-electron chi connectivity index (χ0n) is 17.9. The third-order valence-electron chi connectivity index (χ3n) is 6.24. The van der Waals surface area contributed by atoms with Crippen LogP contribution in [0.25, 0.3) is 0 Å². The number of carbonyl (C=O) groups excluding carboxylic acids is 3. The molecule has 2 aliphatic heterocycles. The Morgan fingerprint density at radius 3 is 2.48 bits per heavy atom. The highest BCUT2D eigenvalue weighted by Crippen LogP contribution is 2.30. The molecule has 0 unspecified atom stereocenters. The lowest BCUT2D eigenvalue weighted by atomic mass is 9.95. The molecule has 0 saturated carbocycles. The van der Waals surface area contributed by atoms with E-state index in [-0.39, 0.29) is 29.9 Å². The number of nitrogens with one attached hydrogen (secondary N) is 1. The Labute approximate surface area is 183 Å². The molecule has 1 fully saturated rings. The fourth-order valence-corrected chi connectivity index (χ4v) is 4.45. The SMILES string of the molecule is C[C@H](NC(=O)CCCCCN1C(=O)[C@@H]2Cc3ccccc3CN2C1=O)c1ccccc1. The average molecular weight is 420 g/mol. The summed E-state index contributed by atoms with van der Waals surface area (Å²) in [6.07, 6.45) is 3.30. The monoisotopic (exact) mass is 419 g/mol. The topological polar surface area (TPSA) is 69.7 Å². The molecule has 2 aromatic carbocycles. The van der Waals surface area contributed by atoms with E-state index in [1.807, 2.05) is 61.5 Å². The van der Waals surface area contributed by atoms with E-state index in [0.717, 1.165) is 29.5 Å². The molecule has 1 N–H and O–H groups in total. The highest BCUT2D eigenvalue weighted by atomic mass is 16.2. The van der Waals surface area contributed by atoms with Crippen LogP contribution in [0.3, 0.4) is 0 Å². The molecule has 0 aliphatic carbocycles. The Morgan fingerprint density at radius 2 is 1.71 bits per heavy atom. The zero-order valence-corrected chi connectivity index (χ0v) is 17.9. The van der Waals surface area contributed by atoms with Crippen molar-refractivity contribution in [1.82, 2.24) is 15.1 Å². The second kappa shape index (κ2) is 9.33. The fraction of sp³-hybridized carbons (Fsp3) is 0.400.